The third kappa shape index (κ3) is 4.01. The second-order valence-corrected chi connectivity index (χ2v) is 8.45. The van der Waals surface area contributed by atoms with Crippen LogP contribution < -0.4 is 5.32 Å². The van der Waals surface area contributed by atoms with Crippen LogP contribution >= 0.6 is 0 Å². The van der Waals surface area contributed by atoms with Gasteiger partial charge in [0.1, 0.15) is 0 Å². The lowest BCUT2D eigenvalue weighted by atomic mass is 9.81. The average Bonchev–Trinajstić information content (AvgIpc) is 3.31. The van der Waals surface area contributed by atoms with Crippen LogP contribution in [0.2, 0.25) is 0 Å². The van der Waals surface area contributed by atoms with Crippen molar-refractivity contribution in [3.63, 3.8) is 0 Å². The molecule has 0 spiro atoms. The minimum atomic E-state index is 0.749. The molecule has 1 N–H and O–H groups in total. The summed E-state index contributed by atoms with van der Waals surface area (Å²) >= 11 is 0. The lowest BCUT2D eigenvalue weighted by Crippen LogP contribution is -2.62. The second-order valence-electron chi connectivity index (χ2n) is 8.45. The van der Waals surface area contributed by atoms with Crippen LogP contribution in [0.1, 0.15) is 72.1 Å². The molecule has 0 radical (unpaired) electrons. The van der Waals surface area contributed by atoms with E-state index in [0.717, 1.165) is 35.9 Å². The van der Waals surface area contributed by atoms with Crippen LogP contribution in [-0.2, 0) is 0 Å². The van der Waals surface area contributed by atoms with Crippen LogP contribution in [0.3, 0.4) is 0 Å². The third-order valence-electron chi connectivity index (χ3n) is 6.35. The molecule has 21 heavy (non-hydrogen) atoms. The molecule has 3 rings (SSSR count). The Balaban J connectivity index is 1.62. The van der Waals surface area contributed by atoms with Gasteiger partial charge in [-0.2, -0.15) is 0 Å². The fourth-order valence-corrected chi connectivity index (χ4v) is 4.77. The van der Waals surface area contributed by atoms with Gasteiger partial charge in [0.25, 0.3) is 0 Å². The molecule has 1 heterocycles. The fourth-order valence-electron chi connectivity index (χ4n) is 4.77. The van der Waals surface area contributed by atoms with Gasteiger partial charge in [-0.1, -0.05) is 46.0 Å². The number of nitrogens with one attached hydrogen (secondary N) is 1. The van der Waals surface area contributed by atoms with E-state index in [0.29, 0.717) is 0 Å². The first-order valence-corrected chi connectivity index (χ1v) is 9.64. The van der Waals surface area contributed by atoms with Crippen LogP contribution in [0, 0.1) is 17.8 Å². The zero-order chi connectivity index (χ0) is 14.8. The predicted molar refractivity (Wildman–Crippen MR) is 90.5 cm³/mol. The van der Waals surface area contributed by atoms with Crippen molar-refractivity contribution in [2.24, 2.45) is 17.8 Å². The Morgan fingerprint density at radius 2 is 1.71 bits per heavy atom. The number of rotatable bonds is 5. The van der Waals surface area contributed by atoms with E-state index in [2.05, 4.69) is 31.0 Å². The van der Waals surface area contributed by atoms with E-state index in [1.807, 2.05) is 0 Å². The molecule has 0 aromatic carbocycles. The van der Waals surface area contributed by atoms with E-state index >= 15 is 0 Å². The van der Waals surface area contributed by atoms with Gasteiger partial charge in [0.15, 0.2) is 0 Å². The molecular weight excluding hydrogens is 256 g/mol. The van der Waals surface area contributed by atoms with Crippen molar-refractivity contribution in [2.45, 2.75) is 90.3 Å². The maximum atomic E-state index is 3.93. The van der Waals surface area contributed by atoms with Gasteiger partial charge in [-0.3, -0.25) is 4.90 Å². The molecule has 0 bridgehead atoms. The molecule has 3 atom stereocenters. The smallest absolute Gasteiger partial charge is 0.0247 e. The topological polar surface area (TPSA) is 15.3 Å². The molecule has 3 fully saturated rings. The molecule has 0 amide bonds. The van der Waals surface area contributed by atoms with Crippen molar-refractivity contribution >= 4 is 0 Å². The lowest BCUT2D eigenvalue weighted by Gasteiger charge is -2.48. The number of piperazine rings is 1. The Kier molecular flexibility index (Phi) is 5.27. The maximum Gasteiger partial charge on any atom is 0.0247 e. The summed E-state index contributed by atoms with van der Waals surface area (Å²) in [5.41, 5.74) is 0. The standard InChI is InChI=1S/C19H36N2/c1-14(2)19-12-20-18(17-7-5-4-6-8-17)13-21(19)15(3)11-16-9-10-16/h14-20H,4-13H2,1-3H3. The summed E-state index contributed by atoms with van der Waals surface area (Å²) in [6, 6.07) is 2.30. The fraction of sp³-hybridized carbons (Fsp3) is 1.00. The molecule has 3 unspecified atom stereocenters. The SMILES string of the molecule is CC(C)C1CNC(C2CCCCC2)CN1C(C)CC1CC1. The van der Waals surface area contributed by atoms with Gasteiger partial charge in [-0.15, -0.1) is 0 Å². The molecule has 2 nitrogen and oxygen atoms in total. The molecule has 1 aliphatic heterocycles. The van der Waals surface area contributed by atoms with Crippen molar-refractivity contribution in [2.75, 3.05) is 13.1 Å². The van der Waals surface area contributed by atoms with Gasteiger partial charge in [0, 0.05) is 31.2 Å². The molecule has 2 aliphatic carbocycles. The van der Waals surface area contributed by atoms with Crippen LogP contribution in [0.5, 0.6) is 0 Å². The van der Waals surface area contributed by atoms with Gasteiger partial charge >= 0.3 is 0 Å². The Hall–Kier alpha value is -0.0800. The monoisotopic (exact) mass is 292 g/mol. The van der Waals surface area contributed by atoms with E-state index in [1.54, 1.807) is 0 Å². The molecule has 3 aliphatic rings. The first-order valence-electron chi connectivity index (χ1n) is 9.64. The molecule has 2 heteroatoms. The Morgan fingerprint density at radius 1 is 1.00 bits per heavy atom. The normalized spacial score (nSPS) is 34.3. The lowest BCUT2D eigenvalue weighted by molar-refractivity contribution is 0.0375. The minimum Gasteiger partial charge on any atom is -0.311 e. The zero-order valence-electron chi connectivity index (χ0n) is 14.5. The summed E-state index contributed by atoms with van der Waals surface area (Å²) in [6.07, 6.45) is 11.8. The largest absolute Gasteiger partial charge is 0.311 e. The van der Waals surface area contributed by atoms with Crippen molar-refractivity contribution in [1.82, 2.24) is 10.2 Å². The van der Waals surface area contributed by atoms with Crippen molar-refractivity contribution in [1.29, 1.82) is 0 Å². The summed E-state index contributed by atoms with van der Waals surface area (Å²) in [7, 11) is 0. The van der Waals surface area contributed by atoms with E-state index in [-0.39, 0.29) is 0 Å². The van der Waals surface area contributed by atoms with E-state index in [4.69, 9.17) is 0 Å². The van der Waals surface area contributed by atoms with Crippen molar-refractivity contribution < 1.29 is 0 Å². The summed E-state index contributed by atoms with van der Waals surface area (Å²) in [6.45, 7) is 9.83. The van der Waals surface area contributed by atoms with Gasteiger partial charge < -0.3 is 5.32 Å². The third-order valence-corrected chi connectivity index (χ3v) is 6.35. The second kappa shape index (κ2) is 7.00. The van der Waals surface area contributed by atoms with Crippen LogP contribution in [-0.4, -0.2) is 36.1 Å². The van der Waals surface area contributed by atoms with Crippen LogP contribution in [0.4, 0.5) is 0 Å². The zero-order valence-corrected chi connectivity index (χ0v) is 14.5. The Morgan fingerprint density at radius 3 is 2.33 bits per heavy atom. The first kappa shape index (κ1) is 15.8. The van der Waals surface area contributed by atoms with E-state index in [1.165, 1.54) is 64.5 Å². The summed E-state index contributed by atoms with van der Waals surface area (Å²) < 4.78 is 0. The maximum absolute atomic E-state index is 3.93. The molecular formula is C19H36N2. The van der Waals surface area contributed by atoms with Gasteiger partial charge in [-0.05, 0) is 43.9 Å². The Labute approximate surface area is 132 Å². The van der Waals surface area contributed by atoms with E-state index < -0.39 is 0 Å². The number of hydrogen-bond acceptors (Lipinski definition) is 2. The number of hydrogen-bond donors (Lipinski definition) is 1. The highest BCUT2D eigenvalue weighted by molar-refractivity contribution is 4.94. The summed E-state index contributed by atoms with van der Waals surface area (Å²) in [4.78, 5) is 2.89. The quantitative estimate of drug-likeness (QED) is 0.822. The summed E-state index contributed by atoms with van der Waals surface area (Å²) in [5.74, 6) is 2.77. The van der Waals surface area contributed by atoms with E-state index in [9.17, 15) is 0 Å². The predicted octanol–water partition coefficient (Wildman–Crippen LogP) is 4.05. The highest BCUT2D eigenvalue weighted by Gasteiger charge is 2.37. The number of nitrogens with zero attached hydrogens (tertiary/aromatic N) is 1. The van der Waals surface area contributed by atoms with Crippen molar-refractivity contribution in [3.05, 3.63) is 0 Å². The van der Waals surface area contributed by atoms with Crippen LogP contribution in [0.15, 0.2) is 0 Å². The minimum absolute atomic E-state index is 0.749. The molecule has 2 saturated carbocycles. The van der Waals surface area contributed by atoms with Crippen molar-refractivity contribution in [3.8, 4) is 0 Å². The molecule has 122 valence electrons. The summed E-state index contributed by atoms with van der Waals surface area (Å²) in [5, 5.41) is 3.93. The Bertz CT molecular complexity index is 318. The van der Waals surface area contributed by atoms with Gasteiger partial charge in [0.2, 0.25) is 0 Å². The van der Waals surface area contributed by atoms with Gasteiger partial charge in [-0.25, -0.2) is 0 Å². The van der Waals surface area contributed by atoms with Gasteiger partial charge in [0.05, 0.1) is 0 Å². The molecule has 0 aromatic rings. The van der Waals surface area contributed by atoms with Crippen LogP contribution in [0.25, 0.3) is 0 Å². The highest BCUT2D eigenvalue weighted by atomic mass is 15.3. The molecule has 1 saturated heterocycles. The average molecular weight is 293 g/mol. The highest BCUT2D eigenvalue weighted by Crippen LogP contribution is 2.36. The molecule has 0 aromatic heterocycles. The first-order chi connectivity index (χ1) is 10.1.